The molecule has 1 aromatic rings. The van der Waals surface area contributed by atoms with Gasteiger partial charge in [0.2, 0.25) is 5.70 Å². The van der Waals surface area contributed by atoms with Crippen LogP contribution in [0, 0.1) is 26.1 Å². The van der Waals surface area contributed by atoms with Crippen LogP contribution in [-0.4, -0.2) is 9.85 Å². The average molecular weight is 315 g/mol. The molecule has 7 heteroatoms. The van der Waals surface area contributed by atoms with E-state index in [1.807, 2.05) is 0 Å². The normalized spacial score (nSPS) is 11.7. The number of hydrogen-bond acceptors (Lipinski definition) is 4. The first kappa shape index (κ1) is 14.3. The van der Waals surface area contributed by atoms with E-state index in [1.54, 1.807) is 19.9 Å². The van der Waals surface area contributed by atoms with Gasteiger partial charge in [0.15, 0.2) is 0 Å². The first-order valence-corrected chi connectivity index (χ1v) is 5.92. The molecule has 0 aliphatic rings. The van der Waals surface area contributed by atoms with Crippen LogP contribution in [0.5, 0.6) is 0 Å². The summed E-state index contributed by atoms with van der Waals surface area (Å²) in [5.41, 5.74) is 0.00778. The van der Waals surface area contributed by atoms with E-state index < -0.39 is 9.85 Å². The molecule has 6 nitrogen and oxygen atoms in total. The maximum Gasteiger partial charge on any atom is 0.277 e. The van der Waals surface area contributed by atoms with Crippen LogP contribution < -0.4 is 0 Å². The van der Waals surface area contributed by atoms with Gasteiger partial charge in [-0.25, -0.2) is 0 Å². The Kier molecular flexibility index (Phi) is 4.55. The van der Waals surface area contributed by atoms with E-state index in [2.05, 4.69) is 15.9 Å². The number of allylic oxidation sites excluding steroid dienone is 1. The Morgan fingerprint density at radius 2 is 1.94 bits per heavy atom. The molecular weight excluding hydrogens is 304 g/mol. The fraction of sp³-hybridized carbons (Fsp3) is 0.273. The summed E-state index contributed by atoms with van der Waals surface area (Å²) in [6.45, 7) is 3.33. The zero-order valence-electron chi connectivity index (χ0n) is 9.79. The molecule has 1 aromatic carbocycles. The average Bonchev–Trinajstić information content (AvgIpc) is 2.25. The minimum atomic E-state index is -0.561. The van der Waals surface area contributed by atoms with Crippen molar-refractivity contribution in [3.05, 3.63) is 54.2 Å². The molecule has 0 radical (unpaired) electrons. The summed E-state index contributed by atoms with van der Waals surface area (Å²) >= 11 is 3.13. The van der Waals surface area contributed by atoms with Crippen molar-refractivity contribution in [3.8, 4) is 0 Å². The van der Waals surface area contributed by atoms with E-state index in [1.165, 1.54) is 18.2 Å². The lowest BCUT2D eigenvalue weighted by Crippen LogP contribution is -2.05. The topological polar surface area (TPSA) is 86.3 Å². The van der Waals surface area contributed by atoms with Crippen molar-refractivity contribution in [2.24, 2.45) is 5.92 Å². The van der Waals surface area contributed by atoms with Gasteiger partial charge in [-0.05, 0) is 12.1 Å². The quantitative estimate of drug-likeness (QED) is 0.627. The molecule has 96 valence electrons. The number of benzene rings is 1. The van der Waals surface area contributed by atoms with Crippen molar-refractivity contribution >= 4 is 27.7 Å². The highest BCUT2D eigenvalue weighted by Crippen LogP contribution is 2.27. The minimum absolute atomic E-state index is 0.0552. The number of hydrogen-bond donors (Lipinski definition) is 0. The molecule has 0 N–H and O–H groups in total. The van der Waals surface area contributed by atoms with Crippen LogP contribution in [0.15, 0.2) is 28.4 Å². The van der Waals surface area contributed by atoms with Gasteiger partial charge >= 0.3 is 0 Å². The second kappa shape index (κ2) is 5.72. The molecule has 0 amide bonds. The zero-order valence-corrected chi connectivity index (χ0v) is 11.4. The van der Waals surface area contributed by atoms with E-state index in [-0.39, 0.29) is 22.9 Å². The standard InChI is InChI=1S/C11H11BrN2O4/c1-7(2)10(13(15)16)5-8-3-4-9(12)6-11(8)14(17)18/h3-7H,1-2H3/b10-5-. The summed E-state index contributed by atoms with van der Waals surface area (Å²) in [6, 6.07) is 4.41. The van der Waals surface area contributed by atoms with E-state index in [4.69, 9.17) is 0 Å². The van der Waals surface area contributed by atoms with Gasteiger partial charge in [0, 0.05) is 22.5 Å². The van der Waals surface area contributed by atoms with E-state index in [0.717, 1.165) is 0 Å². The fourth-order valence-corrected chi connectivity index (χ4v) is 1.74. The summed E-state index contributed by atoms with van der Waals surface area (Å²) in [5, 5.41) is 21.7. The molecule has 0 bridgehead atoms. The fourth-order valence-electron chi connectivity index (χ4n) is 1.39. The van der Waals surface area contributed by atoms with Crippen LogP contribution in [0.1, 0.15) is 19.4 Å². The van der Waals surface area contributed by atoms with Gasteiger partial charge < -0.3 is 0 Å². The van der Waals surface area contributed by atoms with E-state index >= 15 is 0 Å². The van der Waals surface area contributed by atoms with Crippen molar-refractivity contribution in [3.63, 3.8) is 0 Å². The predicted octanol–water partition coefficient (Wildman–Crippen LogP) is 3.63. The summed E-state index contributed by atoms with van der Waals surface area (Å²) in [6.07, 6.45) is 1.25. The predicted molar refractivity (Wildman–Crippen MR) is 70.6 cm³/mol. The zero-order chi connectivity index (χ0) is 13.9. The van der Waals surface area contributed by atoms with Gasteiger partial charge in [0.1, 0.15) is 0 Å². The van der Waals surface area contributed by atoms with Crippen molar-refractivity contribution in [2.75, 3.05) is 0 Å². The third-order valence-corrected chi connectivity index (χ3v) is 2.79. The highest BCUT2D eigenvalue weighted by Gasteiger charge is 2.20. The molecule has 0 fully saturated rings. The lowest BCUT2D eigenvalue weighted by atomic mass is 10.1. The van der Waals surface area contributed by atoms with Crippen molar-refractivity contribution in [1.82, 2.24) is 0 Å². The third kappa shape index (κ3) is 3.36. The monoisotopic (exact) mass is 314 g/mol. The van der Waals surface area contributed by atoms with Crippen LogP contribution in [0.4, 0.5) is 5.69 Å². The lowest BCUT2D eigenvalue weighted by Gasteiger charge is -2.03. The van der Waals surface area contributed by atoms with Crippen molar-refractivity contribution < 1.29 is 9.85 Å². The number of nitrogens with zero attached hydrogens (tertiary/aromatic N) is 2. The third-order valence-electron chi connectivity index (χ3n) is 2.29. The molecule has 0 saturated heterocycles. The Hall–Kier alpha value is -1.76. The van der Waals surface area contributed by atoms with E-state index in [9.17, 15) is 20.2 Å². The first-order chi connectivity index (χ1) is 8.32. The Morgan fingerprint density at radius 3 is 2.39 bits per heavy atom. The molecule has 0 saturated carbocycles. The number of rotatable bonds is 4. The Morgan fingerprint density at radius 1 is 1.33 bits per heavy atom. The summed E-state index contributed by atoms with van der Waals surface area (Å²) < 4.78 is 0.554. The first-order valence-electron chi connectivity index (χ1n) is 5.13. The molecule has 0 aliphatic heterocycles. The Labute approximate surface area is 112 Å². The van der Waals surface area contributed by atoms with Gasteiger partial charge in [-0.3, -0.25) is 20.2 Å². The van der Waals surface area contributed by atoms with Gasteiger partial charge in [-0.15, -0.1) is 0 Å². The largest absolute Gasteiger partial charge is 0.277 e. The Balaban J connectivity index is 3.37. The molecular formula is C11H11BrN2O4. The van der Waals surface area contributed by atoms with Gasteiger partial charge in [-0.1, -0.05) is 29.8 Å². The van der Waals surface area contributed by atoms with Crippen LogP contribution in [0.3, 0.4) is 0 Å². The highest BCUT2D eigenvalue weighted by atomic mass is 79.9. The maximum atomic E-state index is 10.9. The van der Waals surface area contributed by atoms with Gasteiger partial charge in [-0.2, -0.15) is 0 Å². The molecule has 0 spiro atoms. The molecule has 18 heavy (non-hydrogen) atoms. The van der Waals surface area contributed by atoms with Crippen LogP contribution in [0.25, 0.3) is 6.08 Å². The van der Waals surface area contributed by atoms with Gasteiger partial charge in [0.25, 0.3) is 5.69 Å². The number of nitro groups is 2. The Bertz CT molecular complexity index is 526. The summed E-state index contributed by atoms with van der Waals surface area (Å²) in [5.74, 6) is -0.316. The van der Waals surface area contributed by atoms with E-state index in [0.29, 0.717) is 4.47 Å². The number of nitro benzene ring substituents is 1. The minimum Gasteiger partial charge on any atom is -0.259 e. The molecule has 1 rings (SSSR count). The lowest BCUT2D eigenvalue weighted by molar-refractivity contribution is -0.431. The SMILES string of the molecule is CC(C)/C(=C/c1ccc(Br)cc1[N+](=O)[O-])[N+](=O)[O-]. The maximum absolute atomic E-state index is 10.9. The molecule has 0 heterocycles. The summed E-state index contributed by atoms with van der Waals surface area (Å²) in [4.78, 5) is 20.7. The smallest absolute Gasteiger partial charge is 0.259 e. The molecule has 0 aliphatic carbocycles. The van der Waals surface area contributed by atoms with Crippen molar-refractivity contribution in [1.29, 1.82) is 0 Å². The van der Waals surface area contributed by atoms with Gasteiger partial charge in [0.05, 0.1) is 15.4 Å². The molecule has 0 atom stereocenters. The summed E-state index contributed by atoms with van der Waals surface area (Å²) in [7, 11) is 0. The van der Waals surface area contributed by atoms with Crippen LogP contribution in [0.2, 0.25) is 0 Å². The molecule has 0 aromatic heterocycles. The van der Waals surface area contributed by atoms with Crippen LogP contribution in [-0.2, 0) is 0 Å². The number of halogens is 1. The second-order valence-corrected chi connectivity index (χ2v) is 4.86. The molecule has 0 unspecified atom stereocenters. The second-order valence-electron chi connectivity index (χ2n) is 3.94. The van der Waals surface area contributed by atoms with Crippen LogP contribution >= 0.6 is 15.9 Å². The van der Waals surface area contributed by atoms with Crippen molar-refractivity contribution in [2.45, 2.75) is 13.8 Å². The highest BCUT2D eigenvalue weighted by molar-refractivity contribution is 9.10.